The van der Waals surface area contributed by atoms with Crippen LogP contribution in [0.5, 0.6) is 0 Å². The van der Waals surface area contributed by atoms with Crippen LogP contribution in [-0.4, -0.2) is 11.6 Å². The van der Waals surface area contributed by atoms with Crippen molar-refractivity contribution in [2.24, 2.45) is 17.8 Å². The summed E-state index contributed by atoms with van der Waals surface area (Å²) < 4.78 is 5.46. The highest BCUT2D eigenvalue weighted by Crippen LogP contribution is 2.49. The van der Waals surface area contributed by atoms with Crippen molar-refractivity contribution < 1.29 is 9.53 Å². The minimum absolute atomic E-state index is 0.0894. The Bertz CT molecular complexity index is 353. The number of ether oxygens (including phenoxy) is 1. The number of fused-ring (bicyclic) bond motifs is 2. The van der Waals surface area contributed by atoms with Crippen molar-refractivity contribution in [2.75, 3.05) is 0 Å². The topological polar surface area (TPSA) is 50.1 Å². The molecule has 0 N–H and O–H groups in total. The molecular formula is C13H17NO2. The summed E-state index contributed by atoms with van der Waals surface area (Å²) in [5.74, 6) is 1.31. The zero-order valence-electron chi connectivity index (χ0n) is 9.45. The summed E-state index contributed by atoms with van der Waals surface area (Å²) in [6.45, 7) is 0. The lowest BCUT2D eigenvalue weighted by molar-refractivity contribution is -0.168. The van der Waals surface area contributed by atoms with E-state index in [0.29, 0.717) is 5.92 Å². The SMILES string of the molecule is N#CC1(OC(=O)[C@@H]2C[C@H]3CC[C@H]2C3)CCC1. The normalized spacial score (nSPS) is 38.8. The van der Waals surface area contributed by atoms with Gasteiger partial charge in [0, 0.05) is 12.8 Å². The molecule has 0 aromatic heterocycles. The quantitative estimate of drug-likeness (QED) is 0.670. The molecule has 3 nitrogen and oxygen atoms in total. The molecule has 16 heavy (non-hydrogen) atoms. The van der Waals surface area contributed by atoms with Gasteiger partial charge in [0.05, 0.1) is 5.92 Å². The summed E-state index contributed by atoms with van der Waals surface area (Å²) >= 11 is 0. The maximum atomic E-state index is 12.0. The van der Waals surface area contributed by atoms with E-state index in [0.717, 1.165) is 31.6 Å². The van der Waals surface area contributed by atoms with Crippen molar-refractivity contribution in [1.29, 1.82) is 5.26 Å². The molecule has 3 fully saturated rings. The third-order valence-corrected chi connectivity index (χ3v) is 4.70. The van der Waals surface area contributed by atoms with Crippen molar-refractivity contribution in [1.82, 2.24) is 0 Å². The minimum Gasteiger partial charge on any atom is -0.443 e. The Morgan fingerprint density at radius 2 is 2.12 bits per heavy atom. The first-order chi connectivity index (χ1) is 7.72. The second-order valence-corrected chi connectivity index (χ2v) is 5.66. The van der Waals surface area contributed by atoms with E-state index in [1.165, 1.54) is 19.3 Å². The summed E-state index contributed by atoms with van der Waals surface area (Å²) in [4.78, 5) is 12.0. The summed E-state index contributed by atoms with van der Waals surface area (Å²) in [6.07, 6.45) is 7.16. The van der Waals surface area contributed by atoms with Crippen molar-refractivity contribution in [3.63, 3.8) is 0 Å². The highest BCUT2D eigenvalue weighted by atomic mass is 16.6. The fraction of sp³-hybridized carbons (Fsp3) is 0.846. The molecule has 0 radical (unpaired) electrons. The molecule has 3 rings (SSSR count). The van der Waals surface area contributed by atoms with Gasteiger partial charge in [0.25, 0.3) is 0 Å². The van der Waals surface area contributed by atoms with Gasteiger partial charge in [-0.2, -0.15) is 5.26 Å². The van der Waals surface area contributed by atoms with Gasteiger partial charge in [-0.25, -0.2) is 0 Å². The van der Waals surface area contributed by atoms with Crippen LogP contribution in [0.25, 0.3) is 0 Å². The van der Waals surface area contributed by atoms with Gasteiger partial charge in [0.15, 0.2) is 5.60 Å². The number of carbonyl (C=O) groups excluding carboxylic acids is 1. The number of rotatable bonds is 2. The molecule has 0 heterocycles. The van der Waals surface area contributed by atoms with Crippen molar-refractivity contribution in [2.45, 2.75) is 50.5 Å². The van der Waals surface area contributed by atoms with E-state index in [9.17, 15) is 4.79 Å². The van der Waals surface area contributed by atoms with Crippen LogP contribution in [0.2, 0.25) is 0 Å². The summed E-state index contributed by atoms with van der Waals surface area (Å²) in [5, 5.41) is 9.03. The minimum atomic E-state index is -0.751. The summed E-state index contributed by atoms with van der Waals surface area (Å²) in [7, 11) is 0. The molecule has 0 aromatic carbocycles. The molecule has 0 spiro atoms. The van der Waals surface area contributed by atoms with Gasteiger partial charge >= 0.3 is 5.97 Å². The third-order valence-electron chi connectivity index (χ3n) is 4.70. The van der Waals surface area contributed by atoms with Crippen LogP contribution in [-0.2, 0) is 9.53 Å². The van der Waals surface area contributed by atoms with Gasteiger partial charge in [0.1, 0.15) is 6.07 Å². The van der Waals surface area contributed by atoms with E-state index in [-0.39, 0.29) is 11.9 Å². The Morgan fingerprint density at radius 1 is 1.31 bits per heavy atom. The lowest BCUT2D eigenvalue weighted by atomic mass is 9.81. The molecule has 0 aliphatic heterocycles. The predicted octanol–water partition coefficient (Wildman–Crippen LogP) is 2.41. The third kappa shape index (κ3) is 1.43. The molecule has 3 heteroatoms. The highest BCUT2D eigenvalue weighted by Gasteiger charge is 2.48. The van der Waals surface area contributed by atoms with Crippen LogP contribution >= 0.6 is 0 Å². The van der Waals surface area contributed by atoms with E-state index < -0.39 is 5.60 Å². The van der Waals surface area contributed by atoms with Gasteiger partial charge in [-0.3, -0.25) is 4.79 Å². The zero-order chi connectivity index (χ0) is 11.2. The zero-order valence-corrected chi connectivity index (χ0v) is 9.45. The fourth-order valence-corrected chi connectivity index (χ4v) is 3.54. The van der Waals surface area contributed by atoms with Crippen LogP contribution in [0, 0.1) is 29.1 Å². The Morgan fingerprint density at radius 3 is 2.56 bits per heavy atom. The maximum Gasteiger partial charge on any atom is 0.310 e. The second kappa shape index (κ2) is 3.48. The number of carbonyl (C=O) groups is 1. The number of nitriles is 1. The molecule has 0 amide bonds. The molecule has 0 saturated heterocycles. The first kappa shape index (κ1) is 10.1. The molecule has 3 atom stereocenters. The molecule has 3 saturated carbocycles. The lowest BCUT2D eigenvalue weighted by Crippen LogP contribution is -2.42. The monoisotopic (exact) mass is 219 g/mol. The van der Waals surface area contributed by atoms with Crippen LogP contribution in [0.3, 0.4) is 0 Å². The highest BCUT2D eigenvalue weighted by molar-refractivity contribution is 5.74. The number of esters is 1. The second-order valence-electron chi connectivity index (χ2n) is 5.66. The smallest absolute Gasteiger partial charge is 0.310 e. The molecule has 3 aliphatic carbocycles. The first-order valence-electron chi connectivity index (χ1n) is 6.36. The van der Waals surface area contributed by atoms with Crippen LogP contribution in [0.4, 0.5) is 0 Å². The van der Waals surface area contributed by atoms with Crippen LogP contribution in [0.1, 0.15) is 44.9 Å². The largest absolute Gasteiger partial charge is 0.443 e. The average Bonchev–Trinajstić information content (AvgIpc) is 2.84. The van der Waals surface area contributed by atoms with Gasteiger partial charge in [-0.1, -0.05) is 6.42 Å². The molecule has 3 aliphatic rings. The molecule has 86 valence electrons. The lowest BCUT2D eigenvalue weighted by Gasteiger charge is -2.36. The maximum absolute atomic E-state index is 12.0. The fourth-order valence-electron chi connectivity index (χ4n) is 3.54. The predicted molar refractivity (Wildman–Crippen MR) is 57.2 cm³/mol. The van der Waals surface area contributed by atoms with Gasteiger partial charge in [-0.05, 0) is 37.5 Å². The number of hydrogen-bond donors (Lipinski definition) is 0. The van der Waals surface area contributed by atoms with Crippen molar-refractivity contribution >= 4 is 5.97 Å². The van der Waals surface area contributed by atoms with Crippen molar-refractivity contribution in [3.05, 3.63) is 0 Å². The molecular weight excluding hydrogens is 202 g/mol. The molecule has 0 unspecified atom stereocenters. The van der Waals surface area contributed by atoms with Crippen LogP contribution in [0.15, 0.2) is 0 Å². The molecule has 2 bridgehead atoms. The number of hydrogen-bond acceptors (Lipinski definition) is 3. The summed E-state index contributed by atoms with van der Waals surface area (Å²) in [6, 6.07) is 2.17. The molecule has 0 aromatic rings. The Labute approximate surface area is 95.8 Å². The number of nitrogens with zero attached hydrogens (tertiary/aromatic N) is 1. The Balaban J connectivity index is 1.64. The first-order valence-corrected chi connectivity index (χ1v) is 6.36. The summed E-state index contributed by atoms with van der Waals surface area (Å²) in [5.41, 5.74) is -0.751. The van der Waals surface area contributed by atoms with Gasteiger partial charge in [-0.15, -0.1) is 0 Å². The standard InChI is InChI=1S/C13H17NO2/c14-8-13(4-1-5-13)16-12(15)11-7-9-2-3-10(11)6-9/h9-11H,1-7H2/t9-,10-,11+/m0/s1. The van der Waals surface area contributed by atoms with Crippen LogP contribution < -0.4 is 0 Å². The Hall–Kier alpha value is -1.04. The van der Waals surface area contributed by atoms with E-state index in [2.05, 4.69) is 6.07 Å². The van der Waals surface area contributed by atoms with E-state index in [1.807, 2.05) is 0 Å². The van der Waals surface area contributed by atoms with Gasteiger partial charge < -0.3 is 4.74 Å². The van der Waals surface area contributed by atoms with E-state index in [4.69, 9.17) is 10.00 Å². The van der Waals surface area contributed by atoms with Gasteiger partial charge in [0.2, 0.25) is 0 Å². The van der Waals surface area contributed by atoms with E-state index in [1.54, 1.807) is 0 Å². The van der Waals surface area contributed by atoms with E-state index >= 15 is 0 Å². The van der Waals surface area contributed by atoms with Crippen molar-refractivity contribution in [3.8, 4) is 6.07 Å². The average molecular weight is 219 g/mol. The Kier molecular flexibility index (Phi) is 2.20.